The summed E-state index contributed by atoms with van der Waals surface area (Å²) in [6.07, 6.45) is 0. The van der Waals surface area contributed by atoms with Gasteiger partial charge in [0, 0.05) is 0 Å². The first-order chi connectivity index (χ1) is 6.54. The van der Waals surface area contributed by atoms with Crippen molar-refractivity contribution in [2.45, 2.75) is 0 Å². The molecule has 2 N–H and O–H groups in total. The van der Waals surface area contributed by atoms with Gasteiger partial charge < -0.3 is 14.8 Å². The normalized spacial score (nSPS) is 9.71. The molecule has 0 aliphatic heterocycles. The van der Waals surface area contributed by atoms with Gasteiger partial charge in [-0.15, -0.1) is 0 Å². The Labute approximate surface area is 85.4 Å². The molecule has 0 spiro atoms. The second-order valence-electron chi connectivity index (χ2n) is 2.47. The molecule has 1 aromatic rings. The molecule has 14 heavy (non-hydrogen) atoms. The molecular formula is C7H7BClNO4. The number of hydrogen-bond acceptors (Lipinski definition) is 5. The third-order valence-corrected chi connectivity index (χ3v) is 1.70. The van der Waals surface area contributed by atoms with Crippen LogP contribution in [0.4, 0.5) is 0 Å². The number of carbonyl (C=O) groups excluding carboxylic acids is 1. The van der Waals surface area contributed by atoms with Crippen molar-refractivity contribution in [3.05, 3.63) is 23.0 Å². The summed E-state index contributed by atoms with van der Waals surface area (Å²) in [4.78, 5) is 14.7. The van der Waals surface area contributed by atoms with Crippen LogP contribution in [0.5, 0.6) is 0 Å². The lowest BCUT2D eigenvalue weighted by Gasteiger charge is -2.03. The first-order valence-corrected chi connectivity index (χ1v) is 4.04. The quantitative estimate of drug-likeness (QED) is 0.384. The Morgan fingerprint density at radius 3 is 2.71 bits per heavy atom. The minimum Gasteiger partial charge on any atom is -0.464 e. The molecule has 7 heteroatoms. The van der Waals surface area contributed by atoms with Crippen LogP contribution >= 0.6 is 11.6 Å². The van der Waals surface area contributed by atoms with Crippen LogP contribution in [-0.4, -0.2) is 35.2 Å². The van der Waals surface area contributed by atoms with Crippen LogP contribution in [0.2, 0.25) is 5.15 Å². The molecule has 1 rings (SSSR count). The Balaban J connectivity index is 3.13. The van der Waals surface area contributed by atoms with E-state index in [1.54, 1.807) is 0 Å². The molecule has 5 nitrogen and oxygen atoms in total. The van der Waals surface area contributed by atoms with Crippen molar-refractivity contribution in [2.75, 3.05) is 7.11 Å². The van der Waals surface area contributed by atoms with E-state index in [9.17, 15) is 4.79 Å². The van der Waals surface area contributed by atoms with Gasteiger partial charge in [-0.3, -0.25) is 0 Å². The highest BCUT2D eigenvalue weighted by atomic mass is 35.5. The zero-order valence-electron chi connectivity index (χ0n) is 7.27. The van der Waals surface area contributed by atoms with Crippen LogP contribution < -0.4 is 5.46 Å². The minimum absolute atomic E-state index is 0.00370. The van der Waals surface area contributed by atoms with Gasteiger partial charge in [0.15, 0.2) is 0 Å². The summed E-state index contributed by atoms with van der Waals surface area (Å²) in [7, 11) is -0.501. The third kappa shape index (κ3) is 2.44. The van der Waals surface area contributed by atoms with E-state index in [-0.39, 0.29) is 16.3 Å². The predicted molar refractivity (Wildman–Crippen MR) is 50.4 cm³/mol. The minimum atomic E-state index is -1.70. The fourth-order valence-electron chi connectivity index (χ4n) is 0.875. The monoisotopic (exact) mass is 215 g/mol. The van der Waals surface area contributed by atoms with Gasteiger partial charge in [-0.05, 0) is 17.6 Å². The molecule has 0 saturated carbocycles. The molecular weight excluding hydrogens is 208 g/mol. The molecule has 1 heterocycles. The molecule has 0 aliphatic rings. The molecule has 0 atom stereocenters. The number of rotatable bonds is 2. The number of carbonyl (C=O) groups is 1. The van der Waals surface area contributed by atoms with Gasteiger partial charge in [0.25, 0.3) is 0 Å². The van der Waals surface area contributed by atoms with Crippen molar-refractivity contribution in [1.29, 1.82) is 0 Å². The summed E-state index contributed by atoms with van der Waals surface area (Å²) in [6.45, 7) is 0. The van der Waals surface area contributed by atoms with E-state index in [1.807, 2.05) is 0 Å². The second-order valence-corrected chi connectivity index (χ2v) is 2.86. The SMILES string of the molecule is COC(=O)c1cc(B(O)O)cc(Cl)n1. The average molecular weight is 215 g/mol. The van der Waals surface area contributed by atoms with Gasteiger partial charge >= 0.3 is 13.1 Å². The molecule has 0 amide bonds. The molecule has 0 fully saturated rings. The second kappa shape index (κ2) is 4.41. The Morgan fingerprint density at radius 2 is 2.21 bits per heavy atom. The first kappa shape index (κ1) is 11.0. The standard InChI is InChI=1S/C7H7BClNO4/c1-14-7(11)5-2-4(8(12)13)3-6(9)10-5/h2-3,12-13H,1H3. The topological polar surface area (TPSA) is 79.7 Å². The van der Waals surface area contributed by atoms with E-state index in [0.29, 0.717) is 0 Å². The van der Waals surface area contributed by atoms with E-state index in [0.717, 1.165) is 0 Å². The largest absolute Gasteiger partial charge is 0.488 e. The molecule has 0 unspecified atom stereocenters. The Kier molecular flexibility index (Phi) is 3.46. The summed E-state index contributed by atoms with van der Waals surface area (Å²) >= 11 is 5.55. The summed E-state index contributed by atoms with van der Waals surface area (Å²) in [5.74, 6) is -0.686. The van der Waals surface area contributed by atoms with E-state index < -0.39 is 13.1 Å². The van der Waals surface area contributed by atoms with Gasteiger partial charge in [0.1, 0.15) is 10.8 Å². The van der Waals surface area contributed by atoms with E-state index in [2.05, 4.69) is 9.72 Å². The Hall–Kier alpha value is -1.11. The lowest BCUT2D eigenvalue weighted by molar-refractivity contribution is 0.0594. The first-order valence-electron chi connectivity index (χ1n) is 3.66. The molecule has 74 valence electrons. The molecule has 0 saturated heterocycles. The van der Waals surface area contributed by atoms with E-state index >= 15 is 0 Å². The number of pyridine rings is 1. The number of esters is 1. The smallest absolute Gasteiger partial charge is 0.464 e. The van der Waals surface area contributed by atoms with Crippen molar-refractivity contribution < 1.29 is 19.6 Å². The Bertz CT molecular complexity index is 358. The van der Waals surface area contributed by atoms with Crippen molar-refractivity contribution in [3.8, 4) is 0 Å². The molecule has 1 aromatic heterocycles. The highest BCUT2D eigenvalue weighted by molar-refractivity contribution is 6.59. The van der Waals surface area contributed by atoms with Gasteiger partial charge in [0.05, 0.1) is 7.11 Å². The molecule has 0 aromatic carbocycles. The van der Waals surface area contributed by atoms with E-state index in [1.165, 1.54) is 19.2 Å². The van der Waals surface area contributed by atoms with Crippen LogP contribution in [0, 0.1) is 0 Å². The van der Waals surface area contributed by atoms with Gasteiger partial charge in [-0.25, -0.2) is 9.78 Å². The van der Waals surface area contributed by atoms with Crippen LogP contribution in [0.1, 0.15) is 10.5 Å². The summed E-state index contributed by atoms with van der Waals surface area (Å²) in [5.41, 5.74) is 0.0218. The number of halogens is 1. The number of ether oxygens (including phenoxy) is 1. The number of methoxy groups -OCH3 is 1. The zero-order chi connectivity index (χ0) is 10.7. The van der Waals surface area contributed by atoms with Crippen LogP contribution in [0.25, 0.3) is 0 Å². The van der Waals surface area contributed by atoms with Crippen molar-refractivity contribution in [1.82, 2.24) is 4.98 Å². The zero-order valence-corrected chi connectivity index (χ0v) is 8.02. The van der Waals surface area contributed by atoms with Crippen LogP contribution in [0.3, 0.4) is 0 Å². The van der Waals surface area contributed by atoms with Crippen molar-refractivity contribution in [2.24, 2.45) is 0 Å². The summed E-state index contributed by atoms with van der Waals surface area (Å²) < 4.78 is 4.40. The third-order valence-electron chi connectivity index (χ3n) is 1.51. The summed E-state index contributed by atoms with van der Waals surface area (Å²) in [6, 6.07) is 2.45. The Morgan fingerprint density at radius 1 is 1.57 bits per heavy atom. The molecule has 0 aliphatic carbocycles. The fraction of sp³-hybridized carbons (Fsp3) is 0.143. The van der Waals surface area contributed by atoms with Gasteiger partial charge in [-0.1, -0.05) is 11.6 Å². The van der Waals surface area contributed by atoms with Gasteiger partial charge in [-0.2, -0.15) is 0 Å². The highest BCUT2D eigenvalue weighted by Gasteiger charge is 2.16. The van der Waals surface area contributed by atoms with Gasteiger partial charge in [0.2, 0.25) is 0 Å². The number of aromatic nitrogens is 1. The molecule has 0 bridgehead atoms. The maximum Gasteiger partial charge on any atom is 0.488 e. The number of nitrogens with zero attached hydrogens (tertiary/aromatic N) is 1. The van der Waals surface area contributed by atoms with Crippen molar-refractivity contribution in [3.63, 3.8) is 0 Å². The van der Waals surface area contributed by atoms with Crippen molar-refractivity contribution >= 4 is 30.2 Å². The van der Waals surface area contributed by atoms with E-state index in [4.69, 9.17) is 21.6 Å². The lowest BCUT2D eigenvalue weighted by atomic mass is 9.81. The number of hydrogen-bond donors (Lipinski definition) is 2. The maximum atomic E-state index is 11.0. The van der Waals surface area contributed by atoms with Crippen LogP contribution in [0.15, 0.2) is 12.1 Å². The molecule has 0 radical (unpaired) electrons. The van der Waals surface area contributed by atoms with Crippen LogP contribution in [-0.2, 0) is 4.74 Å². The summed E-state index contributed by atoms with van der Waals surface area (Å²) in [5, 5.41) is 17.7. The fourth-order valence-corrected chi connectivity index (χ4v) is 1.09. The highest BCUT2D eigenvalue weighted by Crippen LogP contribution is 2.05. The predicted octanol–water partition coefficient (Wildman–Crippen LogP) is -0.799. The maximum absolute atomic E-state index is 11.0. The lowest BCUT2D eigenvalue weighted by Crippen LogP contribution is -2.31. The average Bonchev–Trinajstić information content (AvgIpc) is 2.15.